The van der Waals surface area contributed by atoms with E-state index in [1.54, 1.807) is 11.3 Å². The standard InChI is InChI=1S/C21H26N4OS/c1-5-26-17-8-6-16(7-9-17)18-14(2)27-21-19(18)20(22-15(3)23-21)25-12-10-24(4)11-13-25/h6-9H,5,10-13H2,1-4H3. The molecule has 1 fully saturated rings. The number of rotatable bonds is 4. The second-order valence-corrected chi connectivity index (χ2v) is 8.26. The average molecular weight is 383 g/mol. The van der Waals surface area contributed by atoms with E-state index >= 15 is 0 Å². The van der Waals surface area contributed by atoms with Crippen molar-refractivity contribution in [1.29, 1.82) is 0 Å². The van der Waals surface area contributed by atoms with Crippen molar-refractivity contribution in [2.45, 2.75) is 20.8 Å². The number of aromatic nitrogens is 2. The molecule has 0 N–H and O–H groups in total. The number of aryl methyl sites for hydroxylation is 2. The van der Waals surface area contributed by atoms with Gasteiger partial charge in [0.25, 0.3) is 0 Å². The Morgan fingerprint density at radius 1 is 1.04 bits per heavy atom. The molecule has 1 saturated heterocycles. The number of likely N-dealkylation sites (N-methyl/N-ethyl adjacent to an activating group) is 1. The highest BCUT2D eigenvalue weighted by atomic mass is 32.1. The van der Waals surface area contributed by atoms with E-state index in [9.17, 15) is 0 Å². The molecule has 6 heteroatoms. The monoisotopic (exact) mass is 382 g/mol. The molecule has 1 aliphatic heterocycles. The van der Waals surface area contributed by atoms with Gasteiger partial charge in [-0.3, -0.25) is 0 Å². The van der Waals surface area contributed by atoms with Crippen LogP contribution in [0.4, 0.5) is 5.82 Å². The van der Waals surface area contributed by atoms with Crippen LogP contribution in [-0.4, -0.2) is 54.7 Å². The first-order valence-electron chi connectivity index (χ1n) is 9.51. The molecule has 5 nitrogen and oxygen atoms in total. The highest BCUT2D eigenvalue weighted by molar-refractivity contribution is 7.19. The van der Waals surface area contributed by atoms with Gasteiger partial charge >= 0.3 is 0 Å². The van der Waals surface area contributed by atoms with Crippen molar-refractivity contribution in [1.82, 2.24) is 14.9 Å². The van der Waals surface area contributed by atoms with Crippen LogP contribution in [-0.2, 0) is 0 Å². The predicted octanol–water partition coefficient (Wildman–Crippen LogP) is 4.13. The number of hydrogen-bond donors (Lipinski definition) is 0. The smallest absolute Gasteiger partial charge is 0.141 e. The fourth-order valence-electron chi connectivity index (χ4n) is 3.68. The quantitative estimate of drug-likeness (QED) is 0.679. The molecular weight excluding hydrogens is 356 g/mol. The zero-order valence-electron chi connectivity index (χ0n) is 16.5. The molecule has 4 rings (SSSR count). The van der Waals surface area contributed by atoms with Crippen LogP contribution in [0.15, 0.2) is 24.3 Å². The topological polar surface area (TPSA) is 41.5 Å². The second kappa shape index (κ2) is 7.44. The number of nitrogens with zero attached hydrogens (tertiary/aromatic N) is 4. The van der Waals surface area contributed by atoms with E-state index in [2.05, 4.69) is 35.9 Å². The maximum Gasteiger partial charge on any atom is 0.141 e. The maximum absolute atomic E-state index is 5.61. The lowest BCUT2D eigenvalue weighted by Gasteiger charge is -2.33. The van der Waals surface area contributed by atoms with Gasteiger partial charge in [-0.15, -0.1) is 11.3 Å². The van der Waals surface area contributed by atoms with Gasteiger partial charge in [-0.05, 0) is 45.5 Å². The zero-order chi connectivity index (χ0) is 19.0. The number of thiophene rings is 1. The van der Waals surface area contributed by atoms with Crippen molar-refractivity contribution in [3.63, 3.8) is 0 Å². The minimum absolute atomic E-state index is 0.681. The highest BCUT2D eigenvalue weighted by Crippen LogP contribution is 2.42. The van der Waals surface area contributed by atoms with Gasteiger partial charge in [0.05, 0.1) is 12.0 Å². The van der Waals surface area contributed by atoms with E-state index in [1.165, 1.54) is 21.4 Å². The lowest BCUT2D eigenvalue weighted by molar-refractivity contribution is 0.312. The van der Waals surface area contributed by atoms with E-state index in [0.29, 0.717) is 6.61 Å². The van der Waals surface area contributed by atoms with E-state index in [-0.39, 0.29) is 0 Å². The van der Waals surface area contributed by atoms with Gasteiger partial charge in [-0.1, -0.05) is 12.1 Å². The molecule has 3 heterocycles. The van der Waals surface area contributed by atoms with E-state index in [4.69, 9.17) is 14.7 Å². The minimum Gasteiger partial charge on any atom is -0.494 e. The minimum atomic E-state index is 0.681. The average Bonchev–Trinajstić information content (AvgIpc) is 2.98. The van der Waals surface area contributed by atoms with Gasteiger partial charge in [0.2, 0.25) is 0 Å². The van der Waals surface area contributed by atoms with Crippen LogP contribution in [0, 0.1) is 13.8 Å². The third-order valence-electron chi connectivity index (χ3n) is 5.08. The number of hydrogen-bond acceptors (Lipinski definition) is 6. The Bertz CT molecular complexity index is 943. The highest BCUT2D eigenvalue weighted by Gasteiger charge is 2.23. The maximum atomic E-state index is 5.61. The number of ether oxygens (including phenoxy) is 1. The Balaban J connectivity index is 1.84. The Morgan fingerprint density at radius 3 is 2.41 bits per heavy atom. The Labute approximate surface area is 164 Å². The summed E-state index contributed by atoms with van der Waals surface area (Å²) >= 11 is 1.76. The predicted molar refractivity (Wildman–Crippen MR) is 113 cm³/mol. The molecule has 1 aromatic carbocycles. The van der Waals surface area contributed by atoms with Crippen molar-refractivity contribution < 1.29 is 4.74 Å². The fourth-order valence-corrected chi connectivity index (χ4v) is 4.76. The number of fused-ring (bicyclic) bond motifs is 1. The van der Waals surface area contributed by atoms with Crippen LogP contribution in [0.25, 0.3) is 21.3 Å². The van der Waals surface area contributed by atoms with E-state index in [1.807, 2.05) is 26.0 Å². The molecular formula is C21H26N4OS. The largest absolute Gasteiger partial charge is 0.494 e. The molecule has 0 atom stereocenters. The van der Waals surface area contributed by atoms with E-state index in [0.717, 1.165) is 48.4 Å². The van der Waals surface area contributed by atoms with Gasteiger partial charge in [-0.25, -0.2) is 9.97 Å². The van der Waals surface area contributed by atoms with Gasteiger partial charge in [0.15, 0.2) is 0 Å². The first kappa shape index (κ1) is 18.2. The van der Waals surface area contributed by atoms with Crippen LogP contribution in [0.3, 0.4) is 0 Å². The Kier molecular flexibility index (Phi) is 5.02. The van der Waals surface area contributed by atoms with Crippen LogP contribution in [0.5, 0.6) is 5.75 Å². The van der Waals surface area contributed by atoms with Gasteiger partial charge in [0, 0.05) is 36.6 Å². The van der Waals surface area contributed by atoms with Crippen molar-refractivity contribution in [3.05, 3.63) is 35.0 Å². The van der Waals surface area contributed by atoms with Crippen molar-refractivity contribution in [2.24, 2.45) is 0 Å². The zero-order valence-corrected chi connectivity index (χ0v) is 17.3. The third-order valence-corrected chi connectivity index (χ3v) is 6.08. The molecule has 0 radical (unpaired) electrons. The number of piperazine rings is 1. The first-order chi connectivity index (χ1) is 13.1. The SMILES string of the molecule is CCOc1ccc(-c2c(C)sc3nc(C)nc(N4CCN(C)CC4)c23)cc1. The molecule has 0 unspecified atom stereocenters. The van der Waals surface area contributed by atoms with Crippen LogP contribution < -0.4 is 9.64 Å². The van der Waals surface area contributed by atoms with Crippen LogP contribution in [0.2, 0.25) is 0 Å². The molecule has 0 spiro atoms. The molecule has 0 aliphatic carbocycles. The Hall–Kier alpha value is -2.18. The normalized spacial score (nSPS) is 15.5. The number of anilines is 1. The summed E-state index contributed by atoms with van der Waals surface area (Å²) in [5.74, 6) is 2.83. The van der Waals surface area contributed by atoms with E-state index < -0.39 is 0 Å². The van der Waals surface area contributed by atoms with Crippen LogP contribution in [0.1, 0.15) is 17.6 Å². The third kappa shape index (κ3) is 3.51. The molecule has 0 amide bonds. The second-order valence-electron chi connectivity index (χ2n) is 7.06. The van der Waals surface area contributed by atoms with Gasteiger partial charge in [-0.2, -0.15) is 0 Å². The van der Waals surface area contributed by atoms with Crippen molar-refractivity contribution in [2.75, 3.05) is 44.7 Å². The summed E-state index contributed by atoms with van der Waals surface area (Å²) in [6.07, 6.45) is 0. The molecule has 27 heavy (non-hydrogen) atoms. The van der Waals surface area contributed by atoms with Crippen molar-refractivity contribution in [3.8, 4) is 16.9 Å². The lowest BCUT2D eigenvalue weighted by atomic mass is 10.0. The molecule has 3 aromatic rings. The summed E-state index contributed by atoms with van der Waals surface area (Å²) in [5, 5.41) is 1.19. The van der Waals surface area contributed by atoms with Gasteiger partial charge < -0.3 is 14.5 Å². The molecule has 2 aromatic heterocycles. The molecule has 142 valence electrons. The molecule has 0 saturated carbocycles. The lowest BCUT2D eigenvalue weighted by Crippen LogP contribution is -2.45. The van der Waals surface area contributed by atoms with Crippen molar-refractivity contribution >= 4 is 27.4 Å². The fraction of sp³-hybridized carbons (Fsp3) is 0.429. The summed E-state index contributed by atoms with van der Waals surface area (Å²) in [6, 6.07) is 8.39. The summed E-state index contributed by atoms with van der Waals surface area (Å²) in [4.78, 5) is 16.8. The van der Waals surface area contributed by atoms with Crippen LogP contribution >= 0.6 is 11.3 Å². The summed E-state index contributed by atoms with van der Waals surface area (Å²) in [6.45, 7) is 11.0. The Morgan fingerprint density at radius 2 is 1.74 bits per heavy atom. The summed E-state index contributed by atoms with van der Waals surface area (Å²) < 4.78 is 5.61. The number of benzene rings is 1. The van der Waals surface area contributed by atoms with Gasteiger partial charge in [0.1, 0.15) is 22.2 Å². The molecule has 1 aliphatic rings. The molecule has 0 bridgehead atoms. The first-order valence-corrected chi connectivity index (χ1v) is 10.3. The summed E-state index contributed by atoms with van der Waals surface area (Å²) in [5.41, 5.74) is 2.46. The summed E-state index contributed by atoms with van der Waals surface area (Å²) in [7, 11) is 2.18.